The molecule has 0 fully saturated rings. The molecule has 4 heteroatoms. The summed E-state index contributed by atoms with van der Waals surface area (Å²) < 4.78 is 39.8. The summed E-state index contributed by atoms with van der Waals surface area (Å²) in [5.74, 6) is -0.208. The minimum absolute atomic E-state index is 0.208. The van der Waals surface area contributed by atoms with Crippen LogP contribution >= 0.6 is 0 Å². The maximum absolute atomic E-state index is 12.0. The van der Waals surface area contributed by atoms with Gasteiger partial charge in [-0.25, -0.2) is 0 Å². The summed E-state index contributed by atoms with van der Waals surface area (Å²) in [7, 11) is 0. The molecule has 0 unspecified atom stereocenters. The van der Waals surface area contributed by atoms with Crippen molar-refractivity contribution >= 4 is 0 Å². The van der Waals surface area contributed by atoms with Crippen molar-refractivity contribution in [1.29, 1.82) is 0 Å². The monoisotopic (exact) mass is 322 g/mol. The molecule has 124 valence electrons. The van der Waals surface area contributed by atoms with Gasteiger partial charge in [0, 0.05) is 0 Å². The molecule has 0 amide bonds. The normalized spacial score (nSPS) is 9.61. The Balaban J connectivity index is 0.000000868. The molecule has 0 saturated carbocycles. The summed E-state index contributed by atoms with van der Waals surface area (Å²) in [4.78, 5) is 0. The Morgan fingerprint density at radius 1 is 0.957 bits per heavy atom. The highest BCUT2D eigenvalue weighted by Crippen LogP contribution is 2.27. The van der Waals surface area contributed by atoms with E-state index in [9.17, 15) is 13.2 Å². The van der Waals surface area contributed by atoms with Gasteiger partial charge in [0.1, 0.15) is 5.75 Å². The lowest BCUT2D eigenvalue weighted by Gasteiger charge is -2.10. The van der Waals surface area contributed by atoms with E-state index >= 15 is 0 Å². The average molecular weight is 322 g/mol. The number of ether oxygens (including phenoxy) is 1. The first kappa shape index (κ1) is 20.5. The second-order valence-electron chi connectivity index (χ2n) is 4.30. The fourth-order valence-electron chi connectivity index (χ4n) is 1.73. The van der Waals surface area contributed by atoms with Crippen LogP contribution in [-0.4, -0.2) is 6.36 Å². The van der Waals surface area contributed by atoms with Crippen LogP contribution < -0.4 is 4.74 Å². The lowest BCUT2D eigenvalue weighted by atomic mass is 10.0. The molecule has 1 nitrogen and oxygen atoms in total. The fraction of sp³-hybridized carbons (Fsp3) is 0.158. The van der Waals surface area contributed by atoms with E-state index in [2.05, 4.69) is 24.5 Å². The van der Waals surface area contributed by atoms with E-state index in [-0.39, 0.29) is 5.75 Å². The summed E-state index contributed by atoms with van der Waals surface area (Å²) in [6.45, 7) is 13.2. The molecule has 23 heavy (non-hydrogen) atoms. The molecule has 0 spiro atoms. The highest BCUT2D eigenvalue weighted by atomic mass is 19.4. The van der Waals surface area contributed by atoms with E-state index in [1.807, 2.05) is 38.1 Å². The third kappa shape index (κ3) is 7.90. The van der Waals surface area contributed by atoms with E-state index in [1.165, 1.54) is 12.1 Å². The zero-order valence-corrected chi connectivity index (χ0v) is 13.4. The molecule has 0 heterocycles. The molecular formula is C19H21F3O. The quantitative estimate of drug-likeness (QED) is 0.569. The number of hydrogen-bond acceptors (Lipinski definition) is 1. The van der Waals surface area contributed by atoms with Crippen molar-refractivity contribution in [1.82, 2.24) is 0 Å². The fourth-order valence-corrected chi connectivity index (χ4v) is 1.73. The van der Waals surface area contributed by atoms with Gasteiger partial charge in [-0.15, -0.1) is 32.9 Å². The van der Waals surface area contributed by atoms with Crippen LogP contribution in [-0.2, 0) is 0 Å². The SMILES string of the molecule is C=C.C=CC.Cc1ccccc1-c1ccc(OC(F)(F)F)cc1. The summed E-state index contributed by atoms with van der Waals surface area (Å²) in [6.07, 6.45) is -2.90. The highest BCUT2D eigenvalue weighted by Gasteiger charge is 2.30. The molecule has 2 aromatic rings. The molecule has 2 aromatic carbocycles. The smallest absolute Gasteiger partial charge is 0.406 e. The van der Waals surface area contributed by atoms with Gasteiger partial charge in [-0.2, -0.15) is 0 Å². The predicted octanol–water partition coefficient (Wildman–Crippen LogP) is 6.56. The lowest BCUT2D eigenvalue weighted by Crippen LogP contribution is -2.16. The average Bonchev–Trinajstić information content (AvgIpc) is 2.50. The molecule has 0 atom stereocenters. The van der Waals surface area contributed by atoms with Gasteiger partial charge in [0.25, 0.3) is 0 Å². The molecule has 0 bridgehead atoms. The maximum atomic E-state index is 12.0. The molecule has 0 aliphatic rings. The van der Waals surface area contributed by atoms with Crippen molar-refractivity contribution in [2.45, 2.75) is 20.2 Å². The molecule has 0 N–H and O–H groups in total. The first-order valence-corrected chi connectivity index (χ1v) is 6.86. The van der Waals surface area contributed by atoms with Crippen LogP contribution in [0.1, 0.15) is 12.5 Å². The third-order valence-corrected chi connectivity index (χ3v) is 2.54. The van der Waals surface area contributed by atoms with Crippen LogP contribution in [0, 0.1) is 6.92 Å². The molecule has 0 aliphatic carbocycles. The Kier molecular flexibility index (Phi) is 9.16. The topological polar surface area (TPSA) is 9.23 Å². The van der Waals surface area contributed by atoms with Crippen LogP contribution in [0.3, 0.4) is 0 Å². The standard InChI is InChI=1S/C14H11F3O.C3H6.C2H4/c1-10-4-2-3-5-13(10)11-6-8-12(9-7-11)18-14(15,16)17;1-3-2;1-2/h2-9H,1H3;3H,1H2,2H3;1-2H2. The highest BCUT2D eigenvalue weighted by molar-refractivity contribution is 5.67. The number of aryl methyl sites for hydroxylation is 1. The molecule has 0 aromatic heterocycles. The minimum Gasteiger partial charge on any atom is -0.406 e. The van der Waals surface area contributed by atoms with Crippen LogP contribution in [0.5, 0.6) is 5.75 Å². The maximum Gasteiger partial charge on any atom is 0.573 e. The number of halogens is 3. The van der Waals surface area contributed by atoms with Crippen molar-refractivity contribution in [3.05, 3.63) is 79.9 Å². The van der Waals surface area contributed by atoms with Crippen molar-refractivity contribution in [3.8, 4) is 16.9 Å². The van der Waals surface area contributed by atoms with Crippen molar-refractivity contribution < 1.29 is 17.9 Å². The van der Waals surface area contributed by atoms with Gasteiger partial charge < -0.3 is 4.74 Å². The van der Waals surface area contributed by atoms with Gasteiger partial charge in [0.05, 0.1) is 0 Å². The molecular weight excluding hydrogens is 301 g/mol. The first-order chi connectivity index (χ1) is 10.9. The van der Waals surface area contributed by atoms with E-state index in [1.54, 1.807) is 18.2 Å². The second-order valence-corrected chi connectivity index (χ2v) is 4.30. The zero-order chi connectivity index (χ0) is 17.9. The lowest BCUT2D eigenvalue weighted by molar-refractivity contribution is -0.274. The van der Waals surface area contributed by atoms with Gasteiger partial charge in [0.2, 0.25) is 0 Å². The Hall–Kier alpha value is -2.49. The Morgan fingerprint density at radius 3 is 1.87 bits per heavy atom. The summed E-state index contributed by atoms with van der Waals surface area (Å²) in [5, 5.41) is 0. The second kappa shape index (κ2) is 10.3. The van der Waals surface area contributed by atoms with Gasteiger partial charge in [-0.3, -0.25) is 0 Å². The van der Waals surface area contributed by atoms with E-state index < -0.39 is 6.36 Å². The Morgan fingerprint density at radius 2 is 1.43 bits per heavy atom. The molecule has 0 aliphatic heterocycles. The number of allylic oxidation sites excluding steroid dienone is 1. The van der Waals surface area contributed by atoms with Crippen LogP contribution in [0.2, 0.25) is 0 Å². The predicted molar refractivity (Wildman–Crippen MR) is 90.4 cm³/mol. The number of alkyl halides is 3. The van der Waals surface area contributed by atoms with Crippen molar-refractivity contribution in [2.24, 2.45) is 0 Å². The van der Waals surface area contributed by atoms with E-state index in [4.69, 9.17) is 0 Å². The van der Waals surface area contributed by atoms with Gasteiger partial charge in [-0.05, 0) is 42.7 Å². The van der Waals surface area contributed by atoms with Crippen molar-refractivity contribution in [3.63, 3.8) is 0 Å². The zero-order valence-electron chi connectivity index (χ0n) is 13.4. The van der Waals surface area contributed by atoms with Gasteiger partial charge in [-0.1, -0.05) is 42.5 Å². The summed E-state index contributed by atoms with van der Waals surface area (Å²) in [6, 6.07) is 13.5. The van der Waals surface area contributed by atoms with Crippen LogP contribution in [0.15, 0.2) is 74.3 Å². The minimum atomic E-state index is -4.65. The largest absolute Gasteiger partial charge is 0.573 e. The summed E-state index contributed by atoms with van der Waals surface area (Å²) in [5.41, 5.74) is 2.93. The summed E-state index contributed by atoms with van der Waals surface area (Å²) >= 11 is 0. The van der Waals surface area contributed by atoms with Crippen LogP contribution in [0.4, 0.5) is 13.2 Å². The Labute approximate surface area is 135 Å². The molecule has 2 rings (SSSR count). The molecule has 0 radical (unpaired) electrons. The number of rotatable bonds is 2. The van der Waals surface area contributed by atoms with Gasteiger partial charge >= 0.3 is 6.36 Å². The third-order valence-electron chi connectivity index (χ3n) is 2.54. The van der Waals surface area contributed by atoms with Gasteiger partial charge in [0.15, 0.2) is 0 Å². The Bertz CT molecular complexity index is 586. The van der Waals surface area contributed by atoms with Crippen molar-refractivity contribution in [2.75, 3.05) is 0 Å². The number of benzene rings is 2. The number of hydrogen-bond donors (Lipinski definition) is 0. The van der Waals surface area contributed by atoms with E-state index in [0.29, 0.717) is 0 Å². The van der Waals surface area contributed by atoms with Crippen LogP contribution in [0.25, 0.3) is 11.1 Å². The molecule has 0 saturated heterocycles. The van der Waals surface area contributed by atoms with E-state index in [0.717, 1.165) is 16.7 Å². The first-order valence-electron chi connectivity index (χ1n) is 6.86.